The summed E-state index contributed by atoms with van der Waals surface area (Å²) < 4.78 is 0. The van der Waals surface area contributed by atoms with Gasteiger partial charge in [0.2, 0.25) is 11.8 Å². The lowest BCUT2D eigenvalue weighted by Gasteiger charge is -2.19. The van der Waals surface area contributed by atoms with Gasteiger partial charge < -0.3 is 16.0 Å². The molecule has 2 amide bonds. The second kappa shape index (κ2) is 5.53. The Balaban J connectivity index is 4.03. The number of hydrogen-bond acceptors (Lipinski definition) is 3. The van der Waals surface area contributed by atoms with Crippen LogP contribution in [0.2, 0.25) is 0 Å². The number of likely N-dealkylation sites (N-methyl/N-ethyl adjacent to an activating group) is 2. The molecule has 0 aliphatic heterocycles. The van der Waals surface area contributed by atoms with Crippen molar-refractivity contribution in [1.82, 2.24) is 10.2 Å². The maximum Gasteiger partial charge on any atom is 0.239 e. The molecule has 0 aliphatic carbocycles. The van der Waals surface area contributed by atoms with Gasteiger partial charge in [-0.25, -0.2) is 0 Å². The predicted octanol–water partition coefficient (Wildman–Crippen LogP) is -1.07. The van der Waals surface area contributed by atoms with Gasteiger partial charge in [-0.05, 0) is 6.42 Å². The van der Waals surface area contributed by atoms with E-state index >= 15 is 0 Å². The Morgan fingerprint density at radius 2 is 2.08 bits per heavy atom. The molecule has 76 valence electrons. The van der Waals surface area contributed by atoms with Crippen LogP contribution in [0.5, 0.6) is 0 Å². The summed E-state index contributed by atoms with van der Waals surface area (Å²) in [5.74, 6) is -0.398. The highest BCUT2D eigenvalue weighted by molar-refractivity contribution is 5.86. The smallest absolute Gasteiger partial charge is 0.239 e. The minimum absolute atomic E-state index is 0.0586. The number of nitrogens with one attached hydrogen (secondary N) is 1. The lowest BCUT2D eigenvalue weighted by Crippen LogP contribution is -2.45. The molecule has 0 aliphatic rings. The van der Waals surface area contributed by atoms with E-state index in [4.69, 9.17) is 5.73 Å². The molecule has 0 aromatic heterocycles. The van der Waals surface area contributed by atoms with E-state index in [1.54, 1.807) is 7.05 Å². The molecule has 0 aromatic rings. The van der Waals surface area contributed by atoms with Crippen LogP contribution in [0.25, 0.3) is 0 Å². The first-order valence-electron chi connectivity index (χ1n) is 4.24. The Morgan fingerprint density at radius 3 is 2.46 bits per heavy atom. The Kier molecular flexibility index (Phi) is 5.06. The molecular formula is C8H17N3O2. The molecule has 0 spiro atoms. The number of hydrogen-bond donors (Lipinski definition) is 2. The topological polar surface area (TPSA) is 75.4 Å². The second-order valence-electron chi connectivity index (χ2n) is 2.88. The van der Waals surface area contributed by atoms with Gasteiger partial charge in [-0.15, -0.1) is 0 Å². The first kappa shape index (κ1) is 11.9. The zero-order valence-corrected chi connectivity index (χ0v) is 8.33. The second-order valence-corrected chi connectivity index (χ2v) is 2.88. The van der Waals surface area contributed by atoms with Crippen molar-refractivity contribution in [1.29, 1.82) is 0 Å². The first-order chi connectivity index (χ1) is 6.02. The van der Waals surface area contributed by atoms with Crippen LogP contribution in [0, 0.1) is 0 Å². The van der Waals surface area contributed by atoms with Gasteiger partial charge in [-0.1, -0.05) is 6.92 Å². The monoisotopic (exact) mass is 187 g/mol. The number of amides is 2. The highest BCUT2D eigenvalue weighted by atomic mass is 16.2. The summed E-state index contributed by atoms with van der Waals surface area (Å²) in [7, 11) is 3.09. The largest absolute Gasteiger partial charge is 0.358 e. The number of nitrogens with two attached hydrogens (primary N) is 1. The minimum Gasteiger partial charge on any atom is -0.358 e. The third-order valence-electron chi connectivity index (χ3n) is 1.79. The number of nitrogens with zero attached hydrogens (tertiary/aromatic N) is 1. The zero-order valence-electron chi connectivity index (χ0n) is 8.33. The Morgan fingerprint density at radius 1 is 1.54 bits per heavy atom. The number of rotatable bonds is 4. The molecule has 0 saturated carbocycles. The summed E-state index contributed by atoms with van der Waals surface area (Å²) in [6, 6.07) is -0.505. The molecule has 3 N–H and O–H groups in total. The van der Waals surface area contributed by atoms with Crippen molar-refractivity contribution in [3.63, 3.8) is 0 Å². The highest BCUT2D eigenvalue weighted by Gasteiger charge is 2.17. The normalized spacial score (nSPS) is 12.0. The summed E-state index contributed by atoms with van der Waals surface area (Å²) in [5, 5.41) is 2.43. The van der Waals surface area contributed by atoms with Crippen molar-refractivity contribution >= 4 is 11.8 Å². The summed E-state index contributed by atoms with van der Waals surface area (Å²) in [6.07, 6.45) is 0.580. The van der Waals surface area contributed by atoms with E-state index in [-0.39, 0.29) is 18.4 Å². The minimum atomic E-state index is -0.505. The molecule has 0 rings (SSSR count). The van der Waals surface area contributed by atoms with Crippen molar-refractivity contribution in [3.05, 3.63) is 0 Å². The quantitative estimate of drug-likeness (QED) is 0.588. The molecule has 1 atom stereocenters. The van der Waals surface area contributed by atoms with E-state index in [0.717, 1.165) is 0 Å². The molecule has 0 saturated heterocycles. The van der Waals surface area contributed by atoms with Crippen molar-refractivity contribution in [2.24, 2.45) is 5.73 Å². The van der Waals surface area contributed by atoms with Crippen LogP contribution in [0.1, 0.15) is 13.3 Å². The van der Waals surface area contributed by atoms with Gasteiger partial charge in [0, 0.05) is 14.1 Å². The number of carbonyl (C=O) groups excluding carboxylic acids is 2. The molecule has 5 nitrogen and oxygen atoms in total. The van der Waals surface area contributed by atoms with Crippen LogP contribution < -0.4 is 11.1 Å². The Labute approximate surface area is 78.3 Å². The molecule has 5 heteroatoms. The van der Waals surface area contributed by atoms with Crippen LogP contribution in [0.3, 0.4) is 0 Å². The fraction of sp³-hybridized carbons (Fsp3) is 0.750. The summed E-state index contributed by atoms with van der Waals surface area (Å²) in [5.41, 5.74) is 5.51. The molecular weight excluding hydrogens is 170 g/mol. The van der Waals surface area contributed by atoms with E-state index in [9.17, 15) is 9.59 Å². The van der Waals surface area contributed by atoms with Crippen molar-refractivity contribution < 1.29 is 9.59 Å². The van der Waals surface area contributed by atoms with Crippen molar-refractivity contribution in [2.75, 3.05) is 20.6 Å². The van der Waals surface area contributed by atoms with Gasteiger partial charge in [0.25, 0.3) is 0 Å². The molecule has 0 fully saturated rings. The third-order valence-corrected chi connectivity index (χ3v) is 1.79. The summed E-state index contributed by atoms with van der Waals surface area (Å²) in [6.45, 7) is 1.89. The van der Waals surface area contributed by atoms with Gasteiger partial charge in [-0.3, -0.25) is 9.59 Å². The van der Waals surface area contributed by atoms with Crippen LogP contribution in [0.15, 0.2) is 0 Å². The van der Waals surface area contributed by atoms with Crippen LogP contribution in [0.4, 0.5) is 0 Å². The number of carbonyl (C=O) groups is 2. The van der Waals surface area contributed by atoms with E-state index < -0.39 is 6.04 Å². The predicted molar refractivity (Wildman–Crippen MR) is 50.0 cm³/mol. The summed E-state index contributed by atoms with van der Waals surface area (Å²) in [4.78, 5) is 23.6. The van der Waals surface area contributed by atoms with E-state index in [1.807, 2.05) is 6.92 Å². The van der Waals surface area contributed by atoms with Gasteiger partial charge >= 0.3 is 0 Å². The van der Waals surface area contributed by atoms with E-state index in [0.29, 0.717) is 6.42 Å². The Bertz CT molecular complexity index is 194. The van der Waals surface area contributed by atoms with Crippen molar-refractivity contribution in [2.45, 2.75) is 19.4 Å². The van der Waals surface area contributed by atoms with Crippen molar-refractivity contribution in [3.8, 4) is 0 Å². The zero-order chi connectivity index (χ0) is 10.4. The average molecular weight is 187 g/mol. The molecule has 13 heavy (non-hydrogen) atoms. The molecule has 0 bridgehead atoms. The fourth-order valence-corrected chi connectivity index (χ4v) is 0.830. The van der Waals surface area contributed by atoms with Crippen LogP contribution in [-0.2, 0) is 9.59 Å². The van der Waals surface area contributed by atoms with E-state index in [1.165, 1.54) is 11.9 Å². The SMILES string of the molecule is CC[C@H](N)C(=O)N(C)CC(=O)NC. The van der Waals surface area contributed by atoms with E-state index in [2.05, 4.69) is 5.32 Å². The van der Waals surface area contributed by atoms with Gasteiger partial charge in [0.05, 0.1) is 12.6 Å². The summed E-state index contributed by atoms with van der Waals surface area (Å²) >= 11 is 0. The molecule has 0 radical (unpaired) electrons. The fourth-order valence-electron chi connectivity index (χ4n) is 0.830. The lowest BCUT2D eigenvalue weighted by atomic mass is 10.2. The standard InChI is InChI=1S/C8H17N3O2/c1-4-6(9)8(13)11(3)5-7(12)10-2/h6H,4-5,9H2,1-3H3,(H,10,12)/t6-/m0/s1. The maximum absolute atomic E-state index is 11.3. The highest BCUT2D eigenvalue weighted by Crippen LogP contribution is 1.93. The molecule has 0 unspecified atom stereocenters. The molecule has 0 aromatic carbocycles. The van der Waals surface area contributed by atoms with Gasteiger partial charge in [-0.2, -0.15) is 0 Å². The van der Waals surface area contributed by atoms with Gasteiger partial charge in [0.1, 0.15) is 0 Å². The van der Waals surface area contributed by atoms with Crippen LogP contribution in [-0.4, -0.2) is 43.4 Å². The Hall–Kier alpha value is -1.10. The van der Waals surface area contributed by atoms with Crippen LogP contribution >= 0.6 is 0 Å². The maximum atomic E-state index is 11.3. The third kappa shape index (κ3) is 3.89. The first-order valence-corrected chi connectivity index (χ1v) is 4.24. The average Bonchev–Trinajstić information content (AvgIpc) is 2.14. The van der Waals surface area contributed by atoms with Gasteiger partial charge in [0.15, 0.2) is 0 Å². The molecule has 0 heterocycles. The lowest BCUT2D eigenvalue weighted by molar-refractivity contribution is -0.135.